The molecule has 29 heteroatoms. The number of unbranched alkanes of at least 4 members (excludes halogenated alkanes) is 6. The Morgan fingerprint density at radius 3 is 0.623 bits per heavy atom. The minimum atomic E-state index is -0.548. The van der Waals surface area contributed by atoms with Crippen LogP contribution in [0.25, 0.3) is 68.3 Å². The minimum absolute atomic E-state index is 0. The number of nitrogens with zero attached hydrogens (tertiary/aromatic N) is 15. The van der Waals surface area contributed by atoms with Crippen LogP contribution in [-0.4, -0.2) is 159 Å². The van der Waals surface area contributed by atoms with Crippen molar-refractivity contribution in [2.24, 2.45) is 5.73 Å². The number of amides is 5. The maximum Gasteiger partial charge on any atom is 0.246 e. The number of pyridine rings is 12. The van der Waals surface area contributed by atoms with Crippen molar-refractivity contribution in [3.05, 3.63) is 293 Å². The van der Waals surface area contributed by atoms with E-state index < -0.39 is 17.7 Å². The molecule has 0 atom stereocenters. The van der Waals surface area contributed by atoms with Crippen molar-refractivity contribution in [2.75, 3.05) is 39.3 Å². The zero-order valence-corrected chi connectivity index (χ0v) is 71.0. The number of hydrogen-bond donors (Lipinski definition) is 6. The van der Waals surface area contributed by atoms with E-state index in [1.54, 1.807) is 74.4 Å². The molecular formula is C85H96N18O8Os3. The largest absolute Gasteiger partial charge is 0.356 e. The first-order valence-corrected chi connectivity index (χ1v) is 36.5. The Labute approximate surface area is 705 Å². The van der Waals surface area contributed by atoms with Crippen LogP contribution in [0.3, 0.4) is 0 Å². The molecule has 0 bridgehead atoms. The van der Waals surface area contributed by atoms with Gasteiger partial charge in [0.15, 0.2) is 0 Å². The molecule has 0 aliphatic rings. The number of hydroxylamine groups is 6. The van der Waals surface area contributed by atoms with Crippen LogP contribution < -0.4 is 16.4 Å². The number of nitrogens with two attached hydrogens (primary N) is 1. The summed E-state index contributed by atoms with van der Waals surface area (Å²) in [6, 6.07) is 69.6. The van der Waals surface area contributed by atoms with Gasteiger partial charge in [0, 0.05) is 199 Å². The predicted molar refractivity (Wildman–Crippen MR) is 426 cm³/mol. The van der Waals surface area contributed by atoms with Gasteiger partial charge in [-0.25, -0.2) is 15.2 Å². The van der Waals surface area contributed by atoms with Crippen LogP contribution in [0.15, 0.2) is 293 Å². The standard InChI is InChI=1S/C25H48N6O8.6C10H8N2.3Os/c1-21(32)29(37)18-9-3-6-16-27-22(33)12-14-25(36)31(39)20-10-4-7-17-28-23(34)11-13-24(35)30(38)19-8-2-5-15-26;6*1-3-7-11-9(5-1)10-6-2-4-8-12-10;;;/h37-39H,2-20,26H2,1H3,(H,27,33)(H,28,34);6*1-8H;;;. The fourth-order valence-corrected chi connectivity index (χ4v) is 9.62. The fraction of sp³-hybridized carbons (Fsp3) is 0.235. The summed E-state index contributed by atoms with van der Waals surface area (Å²) in [6.07, 6.45) is 27.1. The maximum atomic E-state index is 12.0. The Hall–Kier alpha value is -11.1. The van der Waals surface area contributed by atoms with Gasteiger partial charge in [-0.2, -0.15) is 0 Å². The number of nitrogens with one attached hydrogen (secondary N) is 2. The molecule has 0 aliphatic heterocycles. The second-order valence-corrected chi connectivity index (χ2v) is 23.9. The molecule has 12 aromatic rings. The summed E-state index contributed by atoms with van der Waals surface area (Å²) in [4.78, 5) is 109. The molecule has 12 aromatic heterocycles. The Balaban J connectivity index is 0.000000369. The zero-order chi connectivity index (χ0) is 78.8. The normalized spacial score (nSPS) is 9.73. The third-order valence-electron chi connectivity index (χ3n) is 15.4. The summed E-state index contributed by atoms with van der Waals surface area (Å²) in [7, 11) is 0. The monoisotopic (exact) mass is 2070 g/mol. The average molecular weight is 2070 g/mol. The zero-order valence-electron chi connectivity index (χ0n) is 63.4. The molecule has 0 aromatic carbocycles. The van der Waals surface area contributed by atoms with Crippen LogP contribution in [0.5, 0.6) is 0 Å². The summed E-state index contributed by atoms with van der Waals surface area (Å²) < 4.78 is 0. The second kappa shape index (κ2) is 61.5. The average Bonchev–Trinajstić information content (AvgIpc) is 0.912. The van der Waals surface area contributed by atoms with Gasteiger partial charge in [-0.3, -0.25) is 99.4 Å². The minimum Gasteiger partial charge on any atom is -0.356 e. The fourth-order valence-electron chi connectivity index (χ4n) is 9.62. The van der Waals surface area contributed by atoms with Gasteiger partial charge in [-0.15, -0.1) is 0 Å². The van der Waals surface area contributed by atoms with Gasteiger partial charge < -0.3 is 16.4 Å². The Bertz CT molecular complexity index is 3610. The molecule has 0 aliphatic carbocycles. The number of carbonyl (C=O) groups excluding carboxylic acids is 5. The molecule has 0 spiro atoms. The van der Waals surface area contributed by atoms with E-state index in [9.17, 15) is 39.6 Å². The summed E-state index contributed by atoms with van der Waals surface area (Å²) >= 11 is 0. The van der Waals surface area contributed by atoms with Crippen molar-refractivity contribution in [3.63, 3.8) is 0 Å². The van der Waals surface area contributed by atoms with Gasteiger partial charge in [-0.1, -0.05) is 79.2 Å². The third-order valence-corrected chi connectivity index (χ3v) is 15.4. The molecule has 12 rings (SSSR count). The van der Waals surface area contributed by atoms with Gasteiger partial charge in [0.2, 0.25) is 29.5 Å². The Morgan fingerprint density at radius 1 is 0.272 bits per heavy atom. The van der Waals surface area contributed by atoms with E-state index in [-0.39, 0.29) is 117 Å². The van der Waals surface area contributed by atoms with Crippen molar-refractivity contribution in [1.82, 2.24) is 85.6 Å². The molecule has 0 unspecified atom stereocenters. The molecular weight excluding hydrogens is 1970 g/mol. The second-order valence-electron chi connectivity index (χ2n) is 23.9. The number of rotatable bonds is 29. The number of aromatic nitrogens is 12. The molecule has 0 fully saturated rings. The maximum absolute atomic E-state index is 12.0. The van der Waals surface area contributed by atoms with Gasteiger partial charge in [-0.05, 0) is 204 Å². The van der Waals surface area contributed by atoms with Crippen LogP contribution in [0, 0.1) is 0 Å². The van der Waals surface area contributed by atoms with Crippen LogP contribution >= 0.6 is 0 Å². The van der Waals surface area contributed by atoms with Crippen LogP contribution in [0.4, 0.5) is 0 Å². The molecule has 12 heterocycles. The molecule has 5 amide bonds. The number of hydrogen-bond acceptors (Lipinski definition) is 21. The molecule has 26 nitrogen and oxygen atoms in total. The quantitative estimate of drug-likeness (QED) is 0.0144. The first-order valence-electron chi connectivity index (χ1n) is 36.5. The van der Waals surface area contributed by atoms with Crippen LogP contribution in [0.2, 0.25) is 0 Å². The smallest absolute Gasteiger partial charge is 0.246 e. The Kier molecular flexibility index (Phi) is 52.4. The summed E-state index contributed by atoms with van der Waals surface area (Å²) in [5.41, 5.74) is 16.4. The molecule has 0 saturated heterocycles. The molecule has 7 N–H and O–H groups in total. The third kappa shape index (κ3) is 42.0. The van der Waals surface area contributed by atoms with Crippen molar-refractivity contribution in [1.29, 1.82) is 0 Å². The van der Waals surface area contributed by atoms with E-state index in [1.165, 1.54) is 6.92 Å². The van der Waals surface area contributed by atoms with Gasteiger partial charge >= 0.3 is 0 Å². The topological polar surface area (TPSA) is 361 Å². The van der Waals surface area contributed by atoms with E-state index in [0.29, 0.717) is 73.3 Å². The summed E-state index contributed by atoms with van der Waals surface area (Å²) in [5, 5.41) is 36.1. The van der Waals surface area contributed by atoms with Gasteiger partial charge in [0.05, 0.1) is 68.3 Å². The van der Waals surface area contributed by atoms with Crippen molar-refractivity contribution in [3.8, 4) is 68.3 Å². The molecule has 114 heavy (non-hydrogen) atoms. The summed E-state index contributed by atoms with van der Waals surface area (Å²) in [5.74, 6) is -2.05. The first-order chi connectivity index (χ1) is 54.4. The SMILES string of the molecule is CC(=O)N(O)CCCCCNC(=O)CCC(=O)N(O)CCCCCNC(=O)CCC(=O)N(O)CCCCCN.[Os].[Os].[Os].c1ccc(-c2ccccn2)nc1.c1ccc(-c2ccccn2)nc1.c1ccc(-c2ccccn2)nc1.c1ccc(-c2ccccn2)nc1.c1ccc(-c2ccccn2)nc1.c1ccc(-c2ccccn2)nc1. The van der Waals surface area contributed by atoms with Gasteiger partial charge in [0.25, 0.3) is 0 Å². The van der Waals surface area contributed by atoms with Crippen molar-refractivity contribution in [2.45, 2.75) is 90.4 Å². The molecule has 0 radical (unpaired) electrons. The van der Waals surface area contributed by atoms with Crippen LogP contribution in [0.1, 0.15) is 90.4 Å². The van der Waals surface area contributed by atoms with Crippen molar-refractivity contribution >= 4 is 29.5 Å². The molecule has 598 valence electrons. The van der Waals surface area contributed by atoms with E-state index >= 15 is 0 Å². The van der Waals surface area contributed by atoms with E-state index in [1.807, 2.05) is 218 Å². The van der Waals surface area contributed by atoms with Gasteiger partial charge in [0.1, 0.15) is 0 Å². The number of carbonyl (C=O) groups is 5. The van der Waals surface area contributed by atoms with E-state index in [2.05, 4.69) is 70.4 Å². The molecule has 0 saturated carbocycles. The van der Waals surface area contributed by atoms with Crippen LogP contribution in [-0.2, 0) is 83.3 Å². The first kappa shape index (κ1) is 97.1. The van der Waals surface area contributed by atoms with Crippen molar-refractivity contribution < 1.29 is 99.0 Å². The summed E-state index contributed by atoms with van der Waals surface area (Å²) in [6.45, 7) is 3.22. The Morgan fingerprint density at radius 2 is 0.456 bits per heavy atom. The van der Waals surface area contributed by atoms with E-state index in [0.717, 1.165) is 87.6 Å². The van der Waals surface area contributed by atoms with E-state index in [4.69, 9.17) is 5.73 Å². The predicted octanol–water partition coefficient (Wildman–Crippen LogP) is 13.8.